The molecule has 1 aliphatic heterocycles. The normalized spacial score (nSPS) is 15.9. The minimum Gasteiger partial charge on any atom is -0.508 e. The van der Waals surface area contributed by atoms with Gasteiger partial charge in [-0.2, -0.15) is 0 Å². The van der Waals surface area contributed by atoms with E-state index in [1.807, 2.05) is 0 Å². The molecule has 0 bridgehead atoms. The third-order valence-electron chi connectivity index (χ3n) is 10.9. The second-order valence-corrected chi connectivity index (χ2v) is 16.4. The Bertz CT molecular complexity index is 1960. The summed E-state index contributed by atoms with van der Waals surface area (Å²) in [6.45, 7) is 0.421. The quantitative estimate of drug-likeness (QED) is 0.0280. The number of rotatable bonds is 29. The van der Waals surface area contributed by atoms with Crippen molar-refractivity contribution in [2.45, 2.75) is 113 Å². The number of benzene rings is 2. The van der Waals surface area contributed by atoms with Crippen LogP contribution in [0.15, 0.2) is 54.6 Å². The summed E-state index contributed by atoms with van der Waals surface area (Å²) in [5.74, 6) is -5.88. The maximum atomic E-state index is 13.6. The number of nitrogens with zero attached hydrogens (tertiary/aromatic N) is 1. The molecule has 8 amide bonds. The van der Waals surface area contributed by atoms with Gasteiger partial charge < -0.3 is 74.3 Å². The molecule has 368 valence electrons. The number of unbranched alkanes of at least 4 members (excludes halogenated alkanes) is 2. The molecule has 1 fully saturated rings. The highest BCUT2D eigenvalue weighted by atomic mass is 16.3. The average Bonchev–Trinajstić information content (AvgIpc) is 3.80. The molecule has 15 N–H and O–H groups in total. The van der Waals surface area contributed by atoms with E-state index < -0.39 is 109 Å². The Morgan fingerprint density at radius 2 is 1.22 bits per heavy atom. The SMILES string of the molecule is C[C@@H](O)[C@H](NC(=O)CNC(=O)CNC(=O)[C@H](CCCCN)NC(=O)CNC(=O)[C@H](Cc1ccccc1)NC(=O)[C@@H](N)CCCCN)C(=O)N[C@@H](Cc1ccc(O)cc1)C(=O)N1CCC[C@H]1C=O. The van der Waals surface area contributed by atoms with E-state index in [1.165, 1.54) is 24.0 Å². The third-order valence-corrected chi connectivity index (χ3v) is 10.9. The molecular weight excluding hydrogens is 871 g/mol. The van der Waals surface area contributed by atoms with Gasteiger partial charge >= 0.3 is 0 Å². The van der Waals surface area contributed by atoms with Crippen molar-refractivity contribution in [1.82, 2.24) is 42.1 Å². The predicted octanol–water partition coefficient (Wildman–Crippen LogP) is -3.38. The zero-order chi connectivity index (χ0) is 49.3. The van der Waals surface area contributed by atoms with Crippen molar-refractivity contribution >= 4 is 53.5 Å². The molecule has 1 saturated heterocycles. The van der Waals surface area contributed by atoms with Gasteiger partial charge in [0.1, 0.15) is 36.2 Å². The molecule has 0 aliphatic carbocycles. The summed E-state index contributed by atoms with van der Waals surface area (Å²) in [5.41, 5.74) is 18.5. The first kappa shape index (κ1) is 54.8. The van der Waals surface area contributed by atoms with Gasteiger partial charge in [-0.25, -0.2) is 0 Å². The fourth-order valence-corrected chi connectivity index (χ4v) is 7.17. The number of phenols is 1. The van der Waals surface area contributed by atoms with E-state index in [9.17, 15) is 53.4 Å². The van der Waals surface area contributed by atoms with Gasteiger partial charge in [-0.05, 0) is 88.2 Å². The van der Waals surface area contributed by atoms with Crippen LogP contribution in [0.4, 0.5) is 0 Å². The summed E-state index contributed by atoms with van der Waals surface area (Å²) >= 11 is 0. The molecule has 2 aromatic carbocycles. The number of hydrogen-bond acceptors (Lipinski definition) is 14. The number of hydrogen-bond donors (Lipinski definition) is 12. The van der Waals surface area contributed by atoms with Crippen molar-refractivity contribution in [2.24, 2.45) is 17.2 Å². The van der Waals surface area contributed by atoms with Crippen LogP contribution in [0.5, 0.6) is 5.75 Å². The molecule has 2 aromatic rings. The van der Waals surface area contributed by atoms with Crippen LogP contribution >= 0.6 is 0 Å². The number of aliphatic hydroxyl groups is 1. The Morgan fingerprint density at radius 1 is 0.672 bits per heavy atom. The molecule has 0 unspecified atom stereocenters. The Morgan fingerprint density at radius 3 is 1.85 bits per heavy atom. The lowest BCUT2D eigenvalue weighted by Gasteiger charge is -2.29. The summed E-state index contributed by atoms with van der Waals surface area (Å²) in [5, 5.41) is 37.5. The molecular formula is C45H67N11O11. The van der Waals surface area contributed by atoms with Gasteiger partial charge in [0.05, 0.1) is 37.8 Å². The van der Waals surface area contributed by atoms with Crippen LogP contribution in [0.1, 0.15) is 69.4 Å². The maximum absolute atomic E-state index is 13.6. The number of amides is 8. The molecule has 1 aliphatic rings. The van der Waals surface area contributed by atoms with Crippen molar-refractivity contribution in [1.29, 1.82) is 0 Å². The highest BCUT2D eigenvalue weighted by Gasteiger charge is 2.36. The number of aldehydes is 1. The molecule has 0 aromatic heterocycles. The zero-order valence-electron chi connectivity index (χ0n) is 37.9. The molecule has 7 atom stereocenters. The largest absolute Gasteiger partial charge is 0.508 e. The molecule has 67 heavy (non-hydrogen) atoms. The summed E-state index contributed by atoms with van der Waals surface area (Å²) in [6.07, 6.45) is 3.04. The van der Waals surface area contributed by atoms with Crippen LogP contribution in [-0.4, -0.2) is 150 Å². The van der Waals surface area contributed by atoms with Crippen molar-refractivity contribution in [2.75, 3.05) is 39.3 Å². The number of phenolic OH excluding ortho intramolecular Hbond substituents is 1. The van der Waals surface area contributed by atoms with Crippen LogP contribution in [0.25, 0.3) is 0 Å². The van der Waals surface area contributed by atoms with Gasteiger partial charge in [-0.3, -0.25) is 38.4 Å². The first-order valence-electron chi connectivity index (χ1n) is 22.5. The van der Waals surface area contributed by atoms with Crippen molar-refractivity contribution in [3.05, 3.63) is 65.7 Å². The van der Waals surface area contributed by atoms with Crippen molar-refractivity contribution in [3.8, 4) is 5.75 Å². The molecule has 0 spiro atoms. The lowest BCUT2D eigenvalue weighted by molar-refractivity contribution is -0.140. The topological polar surface area (TPSA) is 360 Å². The van der Waals surface area contributed by atoms with E-state index >= 15 is 0 Å². The molecule has 0 radical (unpaired) electrons. The Hall–Kier alpha value is -6.49. The predicted molar refractivity (Wildman–Crippen MR) is 245 cm³/mol. The highest BCUT2D eigenvalue weighted by Crippen LogP contribution is 2.19. The average molecular weight is 938 g/mol. The summed E-state index contributed by atoms with van der Waals surface area (Å²) in [4.78, 5) is 118. The van der Waals surface area contributed by atoms with E-state index in [0.29, 0.717) is 69.9 Å². The second-order valence-electron chi connectivity index (χ2n) is 16.4. The number of carbonyl (C=O) groups is 9. The number of aliphatic hydroxyl groups excluding tert-OH is 1. The van der Waals surface area contributed by atoms with E-state index in [2.05, 4.69) is 37.2 Å². The number of carbonyl (C=O) groups excluding carboxylic acids is 9. The van der Waals surface area contributed by atoms with Gasteiger partial charge in [-0.1, -0.05) is 48.9 Å². The summed E-state index contributed by atoms with van der Waals surface area (Å²) in [6, 6.07) is 8.27. The molecule has 22 heteroatoms. The van der Waals surface area contributed by atoms with Crippen LogP contribution in [0.2, 0.25) is 0 Å². The smallest absolute Gasteiger partial charge is 0.246 e. The van der Waals surface area contributed by atoms with Gasteiger partial charge in [0.15, 0.2) is 0 Å². The fraction of sp³-hybridized carbons (Fsp3) is 0.533. The first-order valence-corrected chi connectivity index (χ1v) is 22.5. The lowest BCUT2D eigenvalue weighted by Crippen LogP contribution is -2.59. The lowest BCUT2D eigenvalue weighted by atomic mass is 10.0. The minimum atomic E-state index is -1.58. The fourth-order valence-electron chi connectivity index (χ4n) is 7.17. The Balaban J connectivity index is 1.55. The van der Waals surface area contributed by atoms with Gasteiger partial charge in [0, 0.05) is 19.4 Å². The minimum absolute atomic E-state index is 0.0145. The number of nitrogens with one attached hydrogen (secondary N) is 7. The Labute approximate surface area is 389 Å². The first-order chi connectivity index (χ1) is 32.1. The monoisotopic (exact) mass is 938 g/mol. The summed E-state index contributed by atoms with van der Waals surface area (Å²) < 4.78 is 0. The summed E-state index contributed by atoms with van der Waals surface area (Å²) in [7, 11) is 0. The van der Waals surface area contributed by atoms with Crippen LogP contribution in [0, 0.1) is 0 Å². The molecule has 3 rings (SSSR count). The van der Waals surface area contributed by atoms with Crippen LogP contribution in [-0.2, 0) is 56.0 Å². The zero-order valence-corrected chi connectivity index (χ0v) is 37.9. The second kappa shape index (κ2) is 29.2. The van der Waals surface area contributed by atoms with Gasteiger partial charge in [-0.15, -0.1) is 0 Å². The molecule has 0 saturated carbocycles. The standard InChI is InChI=1S/C45H67N11O11/c1-28(58)40(44(66)54-36(23-30-15-17-32(59)18-16-30)45(67)56-21-9-12-31(56)27-57)55-39(62)25-49-37(60)24-50-42(64)34(14-6-8-20-47)52-38(61)26-51-43(65)35(22-29-10-3-2-4-11-29)53-41(63)33(48)13-5-7-19-46/h2-4,10-11,15-18,27-28,31,33-36,40,58-59H,5-9,12-14,19-26,46-48H2,1H3,(H,49,60)(H,50,64)(H,51,65)(H,52,61)(H,53,63)(H,54,66)(H,55,62)/t28-,31+,33+,34+,35+,36+,40+/m1/s1. The Kier molecular flexibility index (Phi) is 23.9. The van der Waals surface area contributed by atoms with Crippen molar-refractivity contribution < 1.29 is 53.4 Å². The van der Waals surface area contributed by atoms with E-state index in [4.69, 9.17) is 17.2 Å². The highest BCUT2D eigenvalue weighted by molar-refractivity contribution is 5.96. The van der Waals surface area contributed by atoms with Crippen molar-refractivity contribution in [3.63, 3.8) is 0 Å². The number of aromatic hydroxyl groups is 1. The van der Waals surface area contributed by atoms with E-state index in [-0.39, 0.29) is 31.6 Å². The van der Waals surface area contributed by atoms with Crippen LogP contribution in [0.3, 0.4) is 0 Å². The van der Waals surface area contributed by atoms with E-state index in [0.717, 1.165) is 5.56 Å². The third kappa shape index (κ3) is 19.5. The van der Waals surface area contributed by atoms with Gasteiger partial charge in [0.2, 0.25) is 47.3 Å². The molecule has 22 nitrogen and oxygen atoms in total. The maximum Gasteiger partial charge on any atom is 0.246 e. The molecule has 1 heterocycles. The van der Waals surface area contributed by atoms with Gasteiger partial charge in [0.25, 0.3) is 0 Å². The van der Waals surface area contributed by atoms with Crippen LogP contribution < -0.4 is 54.4 Å². The number of nitrogens with two attached hydrogens (primary N) is 3. The number of likely N-dealkylation sites (tertiary alicyclic amines) is 1. The van der Waals surface area contributed by atoms with E-state index in [1.54, 1.807) is 42.5 Å².